The third kappa shape index (κ3) is 2.95. The van der Waals surface area contributed by atoms with Crippen molar-refractivity contribution >= 4 is 22.1 Å². The van der Waals surface area contributed by atoms with Gasteiger partial charge >= 0.3 is 5.69 Å². The Labute approximate surface area is 152 Å². The van der Waals surface area contributed by atoms with Crippen LogP contribution in [0.15, 0.2) is 15.7 Å². The van der Waals surface area contributed by atoms with Crippen LogP contribution in [0.5, 0.6) is 0 Å². The monoisotopic (exact) mass is 357 g/mol. The van der Waals surface area contributed by atoms with Crippen molar-refractivity contribution in [2.75, 3.05) is 0 Å². The van der Waals surface area contributed by atoms with Gasteiger partial charge in [0, 0.05) is 26.3 Å². The number of rotatable bonds is 7. The molecule has 0 radical (unpaired) electrons. The van der Waals surface area contributed by atoms with Gasteiger partial charge in [0.25, 0.3) is 5.56 Å². The minimum atomic E-state index is -0.385. The molecule has 3 heterocycles. The van der Waals surface area contributed by atoms with E-state index in [2.05, 4.69) is 28.6 Å². The predicted octanol–water partition coefficient (Wildman–Crippen LogP) is 2.51. The molecule has 3 aromatic rings. The summed E-state index contributed by atoms with van der Waals surface area (Å²) in [7, 11) is 3.14. The number of fused-ring (bicyclic) bond motifs is 3. The minimum Gasteiger partial charge on any atom is -0.342 e. The molecule has 0 saturated carbocycles. The Bertz CT molecular complexity index is 1060. The highest BCUT2D eigenvalue weighted by atomic mass is 16.2. The summed E-state index contributed by atoms with van der Waals surface area (Å²) in [6.07, 6.45) is 6.69. The zero-order valence-corrected chi connectivity index (χ0v) is 16.1. The summed E-state index contributed by atoms with van der Waals surface area (Å²) in [6.45, 7) is 5.15. The number of unbranched alkanes of at least 4 members (excludes halogenated alkanes) is 3. The second-order valence-electron chi connectivity index (χ2n) is 6.94. The van der Waals surface area contributed by atoms with Gasteiger partial charge in [-0.3, -0.25) is 13.9 Å². The second kappa shape index (κ2) is 7.43. The predicted molar refractivity (Wildman–Crippen MR) is 104 cm³/mol. The molecule has 0 unspecified atom stereocenters. The highest BCUT2D eigenvalue weighted by Crippen LogP contribution is 2.24. The summed E-state index contributed by atoms with van der Waals surface area (Å²) < 4.78 is 4.74. The molecule has 0 spiro atoms. The van der Waals surface area contributed by atoms with Gasteiger partial charge in [-0.1, -0.05) is 33.1 Å². The highest BCUT2D eigenvalue weighted by molar-refractivity contribution is 6.00. The van der Waals surface area contributed by atoms with Crippen LogP contribution >= 0.6 is 0 Å². The first-order chi connectivity index (χ1) is 12.5. The third-order valence-corrected chi connectivity index (χ3v) is 5.02. The number of hydrogen-bond acceptors (Lipinski definition) is 4. The Morgan fingerprint density at radius 2 is 1.73 bits per heavy atom. The average Bonchev–Trinajstić information content (AvgIpc) is 2.99. The van der Waals surface area contributed by atoms with Gasteiger partial charge in [0.05, 0.1) is 5.52 Å². The normalized spacial score (nSPS) is 11.7. The van der Waals surface area contributed by atoms with E-state index in [0.29, 0.717) is 11.0 Å². The molecule has 7 nitrogen and oxygen atoms in total. The quantitative estimate of drug-likeness (QED) is 0.609. The highest BCUT2D eigenvalue weighted by Gasteiger charge is 2.19. The lowest BCUT2D eigenvalue weighted by molar-refractivity contribution is 0.620. The third-order valence-electron chi connectivity index (χ3n) is 5.02. The number of aromatic nitrogens is 5. The van der Waals surface area contributed by atoms with Crippen LogP contribution in [0.2, 0.25) is 0 Å². The van der Waals surface area contributed by atoms with Gasteiger partial charge in [-0.25, -0.2) is 4.79 Å². The molecule has 0 saturated heterocycles. The van der Waals surface area contributed by atoms with Gasteiger partial charge in [0.2, 0.25) is 0 Å². The maximum absolute atomic E-state index is 12.8. The molecule has 0 aliphatic carbocycles. The van der Waals surface area contributed by atoms with Crippen LogP contribution in [0.4, 0.5) is 0 Å². The average molecular weight is 357 g/mol. The molecule has 7 heteroatoms. The van der Waals surface area contributed by atoms with E-state index in [-0.39, 0.29) is 11.2 Å². The maximum Gasteiger partial charge on any atom is 0.332 e. The lowest BCUT2D eigenvalue weighted by Gasteiger charge is -2.12. The van der Waals surface area contributed by atoms with Gasteiger partial charge in [-0.2, -0.15) is 0 Å². The molecule has 0 amide bonds. The Kier molecular flexibility index (Phi) is 5.25. The van der Waals surface area contributed by atoms with E-state index in [4.69, 9.17) is 0 Å². The van der Waals surface area contributed by atoms with Crippen molar-refractivity contribution < 1.29 is 0 Å². The molecule has 0 aliphatic heterocycles. The van der Waals surface area contributed by atoms with Gasteiger partial charge in [-0.15, -0.1) is 10.2 Å². The fraction of sp³-hybridized carbons (Fsp3) is 0.579. The summed E-state index contributed by atoms with van der Waals surface area (Å²) >= 11 is 0. The van der Waals surface area contributed by atoms with Crippen molar-refractivity contribution in [2.45, 2.75) is 58.9 Å². The lowest BCUT2D eigenvalue weighted by Crippen LogP contribution is -2.37. The summed E-state index contributed by atoms with van der Waals surface area (Å²) in [5, 5.41) is 8.97. The van der Waals surface area contributed by atoms with Crippen molar-refractivity contribution in [1.82, 2.24) is 23.9 Å². The molecule has 0 fully saturated rings. The molecule has 26 heavy (non-hydrogen) atoms. The SMILES string of the molecule is CCCCCCc1cc2nnc3c(c(=O)n(C)c(=O)n3C)c2n1CCC. The van der Waals surface area contributed by atoms with E-state index in [9.17, 15) is 9.59 Å². The maximum atomic E-state index is 12.8. The molecule has 0 aliphatic rings. The van der Waals surface area contributed by atoms with E-state index in [0.717, 1.165) is 41.4 Å². The van der Waals surface area contributed by atoms with E-state index < -0.39 is 0 Å². The molecule has 0 N–H and O–H groups in total. The molecule has 0 atom stereocenters. The van der Waals surface area contributed by atoms with Crippen molar-refractivity contribution in [1.29, 1.82) is 0 Å². The van der Waals surface area contributed by atoms with Crippen LogP contribution in [0.1, 0.15) is 51.6 Å². The van der Waals surface area contributed by atoms with Crippen LogP contribution in [-0.4, -0.2) is 23.9 Å². The Morgan fingerprint density at radius 3 is 2.42 bits per heavy atom. The van der Waals surface area contributed by atoms with Gasteiger partial charge in [-0.05, 0) is 25.3 Å². The van der Waals surface area contributed by atoms with Crippen LogP contribution in [0.3, 0.4) is 0 Å². The zero-order chi connectivity index (χ0) is 18.8. The van der Waals surface area contributed by atoms with Crippen molar-refractivity contribution in [3.8, 4) is 0 Å². The standard InChI is InChI=1S/C19H27N5O2/c1-5-7-8-9-10-13-12-14-16(24(13)11-6-2)15-17(21-20-14)22(3)19(26)23(4)18(15)25/h12H,5-11H2,1-4H3. The summed E-state index contributed by atoms with van der Waals surface area (Å²) in [4.78, 5) is 25.1. The van der Waals surface area contributed by atoms with Gasteiger partial charge in [0.15, 0.2) is 5.65 Å². The molecule has 3 rings (SSSR count). The zero-order valence-electron chi connectivity index (χ0n) is 16.1. The van der Waals surface area contributed by atoms with E-state index in [1.807, 2.05) is 6.07 Å². The molecule has 3 aromatic heterocycles. The first-order valence-corrected chi connectivity index (χ1v) is 9.45. The van der Waals surface area contributed by atoms with Crippen LogP contribution < -0.4 is 11.2 Å². The molecule has 0 aromatic carbocycles. The first kappa shape index (κ1) is 18.4. The summed E-state index contributed by atoms with van der Waals surface area (Å²) in [5.74, 6) is 0. The summed E-state index contributed by atoms with van der Waals surface area (Å²) in [5.41, 5.74) is 2.38. The van der Waals surface area contributed by atoms with E-state index in [1.54, 1.807) is 7.05 Å². The molecular weight excluding hydrogens is 330 g/mol. The van der Waals surface area contributed by atoms with E-state index in [1.165, 1.54) is 36.6 Å². The van der Waals surface area contributed by atoms with Crippen molar-refractivity contribution in [3.05, 3.63) is 32.6 Å². The topological polar surface area (TPSA) is 74.7 Å². The van der Waals surface area contributed by atoms with Gasteiger partial charge in [0.1, 0.15) is 10.9 Å². The number of hydrogen-bond donors (Lipinski definition) is 0. The number of aryl methyl sites for hydroxylation is 3. The Balaban J connectivity index is 2.27. The summed E-state index contributed by atoms with van der Waals surface area (Å²) in [6, 6.07) is 2.05. The first-order valence-electron chi connectivity index (χ1n) is 9.45. The van der Waals surface area contributed by atoms with Crippen LogP contribution in [-0.2, 0) is 27.1 Å². The second-order valence-corrected chi connectivity index (χ2v) is 6.94. The minimum absolute atomic E-state index is 0.309. The molecular formula is C19H27N5O2. The molecule has 140 valence electrons. The van der Waals surface area contributed by atoms with Crippen LogP contribution in [0.25, 0.3) is 22.1 Å². The number of nitrogens with zero attached hydrogens (tertiary/aromatic N) is 5. The van der Waals surface area contributed by atoms with Crippen molar-refractivity contribution in [3.63, 3.8) is 0 Å². The Morgan fingerprint density at radius 1 is 0.962 bits per heavy atom. The molecule has 0 bridgehead atoms. The Hall–Kier alpha value is -2.44. The largest absolute Gasteiger partial charge is 0.342 e. The fourth-order valence-electron chi connectivity index (χ4n) is 3.60. The van der Waals surface area contributed by atoms with Crippen LogP contribution in [0, 0.1) is 0 Å². The fourth-order valence-corrected chi connectivity index (χ4v) is 3.60. The van der Waals surface area contributed by atoms with Gasteiger partial charge < -0.3 is 4.57 Å². The lowest BCUT2D eigenvalue weighted by atomic mass is 10.1. The van der Waals surface area contributed by atoms with Crippen molar-refractivity contribution in [2.24, 2.45) is 14.1 Å². The smallest absolute Gasteiger partial charge is 0.332 e. The van der Waals surface area contributed by atoms with E-state index >= 15 is 0 Å².